The van der Waals surface area contributed by atoms with Gasteiger partial charge >= 0.3 is 5.97 Å². The quantitative estimate of drug-likeness (QED) is 0.379. The zero-order chi connectivity index (χ0) is 22.1. The molecule has 1 spiro atoms. The van der Waals surface area contributed by atoms with Crippen LogP contribution >= 0.6 is 11.8 Å². The van der Waals surface area contributed by atoms with E-state index < -0.39 is 28.6 Å². The summed E-state index contributed by atoms with van der Waals surface area (Å²) in [6.45, 7) is 8.69. The van der Waals surface area contributed by atoms with Gasteiger partial charge in [0.2, 0.25) is 11.8 Å². The molecule has 2 N–H and O–H groups in total. The Morgan fingerprint density at radius 1 is 1.33 bits per heavy atom. The number of carboxylic acid groups (broad SMARTS) is 1. The molecule has 0 radical (unpaired) electrons. The maximum Gasteiger partial charge on any atom is 0.308 e. The number of unbranched alkanes of at least 4 members (excludes halogenated alkanes) is 3. The fraction of sp³-hybridized carbons (Fsp3) is 0.773. The van der Waals surface area contributed by atoms with Gasteiger partial charge in [0.25, 0.3) is 0 Å². The second-order valence-corrected chi connectivity index (χ2v) is 10.5. The van der Waals surface area contributed by atoms with E-state index in [-0.39, 0.29) is 29.7 Å². The normalized spacial score (nSPS) is 32.0. The number of amides is 2. The summed E-state index contributed by atoms with van der Waals surface area (Å²) in [6.07, 6.45) is 6.34. The van der Waals surface area contributed by atoms with Gasteiger partial charge in [-0.1, -0.05) is 18.9 Å². The first-order valence-corrected chi connectivity index (χ1v) is 11.9. The van der Waals surface area contributed by atoms with Gasteiger partial charge in [-0.2, -0.15) is 0 Å². The van der Waals surface area contributed by atoms with Crippen LogP contribution in [0, 0.1) is 11.8 Å². The molecule has 0 aromatic heterocycles. The van der Waals surface area contributed by atoms with E-state index >= 15 is 0 Å². The van der Waals surface area contributed by atoms with Gasteiger partial charge in [-0.3, -0.25) is 14.4 Å². The molecule has 5 atom stereocenters. The van der Waals surface area contributed by atoms with Crippen LogP contribution in [-0.4, -0.2) is 79.6 Å². The van der Waals surface area contributed by atoms with Crippen LogP contribution < -0.4 is 0 Å². The third-order valence-corrected chi connectivity index (χ3v) is 8.81. The smallest absolute Gasteiger partial charge is 0.308 e. The van der Waals surface area contributed by atoms with E-state index in [1.807, 2.05) is 13.8 Å². The van der Waals surface area contributed by atoms with Crippen LogP contribution in [0.4, 0.5) is 0 Å². The number of thioether (sulfide) groups is 1. The van der Waals surface area contributed by atoms with E-state index in [2.05, 4.69) is 6.58 Å². The highest BCUT2D eigenvalue weighted by Gasteiger charge is 2.73. The van der Waals surface area contributed by atoms with Gasteiger partial charge in [0, 0.05) is 31.0 Å². The first-order valence-electron chi connectivity index (χ1n) is 11.0. The molecule has 2 bridgehead atoms. The van der Waals surface area contributed by atoms with Gasteiger partial charge in [0.15, 0.2) is 0 Å². The Bertz CT molecular complexity index is 699. The molecule has 3 rings (SSSR count). The number of carbonyl (C=O) groups is 3. The third kappa shape index (κ3) is 3.77. The van der Waals surface area contributed by atoms with E-state index in [0.29, 0.717) is 19.5 Å². The van der Waals surface area contributed by atoms with Crippen molar-refractivity contribution in [1.29, 1.82) is 0 Å². The lowest BCUT2D eigenvalue weighted by atomic mass is 9.71. The first-order chi connectivity index (χ1) is 14.3. The standard InChI is InChI=1S/C22H34N2O5S/c1-4-11-23(14(2)3)20(27)18-22-10-9-15(30-22)16(21(28)29)17(22)19(26)24(18)12-7-5-6-8-13-25/h4,14-18,25H,1,5-13H2,2-3H3,(H,28,29)/t15-,16+,17+,18?,22?/m1/s1. The molecule has 0 aromatic rings. The molecule has 7 nitrogen and oxygen atoms in total. The number of hydrogen-bond acceptors (Lipinski definition) is 5. The maximum absolute atomic E-state index is 13.8. The van der Waals surface area contributed by atoms with Gasteiger partial charge < -0.3 is 20.0 Å². The van der Waals surface area contributed by atoms with Crippen molar-refractivity contribution in [2.24, 2.45) is 11.8 Å². The second-order valence-electron chi connectivity index (χ2n) is 8.94. The second kappa shape index (κ2) is 9.30. The summed E-state index contributed by atoms with van der Waals surface area (Å²) in [5.74, 6) is -2.51. The summed E-state index contributed by atoms with van der Waals surface area (Å²) in [5, 5.41) is 18.7. The molecule has 3 fully saturated rings. The van der Waals surface area contributed by atoms with Gasteiger partial charge in [0.05, 0.1) is 16.6 Å². The summed E-state index contributed by atoms with van der Waals surface area (Å²) in [6, 6.07) is -0.652. The molecule has 3 aliphatic heterocycles. The minimum Gasteiger partial charge on any atom is -0.481 e. The maximum atomic E-state index is 13.8. The number of aliphatic hydroxyl groups excluding tert-OH is 1. The first kappa shape index (κ1) is 23.1. The molecule has 3 aliphatic rings. The lowest BCUT2D eigenvalue weighted by Gasteiger charge is -2.38. The van der Waals surface area contributed by atoms with Crippen LogP contribution in [0.15, 0.2) is 12.7 Å². The number of rotatable bonds is 11. The van der Waals surface area contributed by atoms with Crippen LogP contribution in [0.5, 0.6) is 0 Å². The number of aliphatic carboxylic acids is 1. The number of likely N-dealkylation sites (tertiary alicyclic amines) is 1. The lowest BCUT2D eigenvalue weighted by molar-refractivity contribution is -0.148. The van der Waals surface area contributed by atoms with E-state index in [0.717, 1.165) is 32.1 Å². The van der Waals surface area contributed by atoms with Crippen molar-refractivity contribution in [2.75, 3.05) is 19.7 Å². The Labute approximate surface area is 182 Å². The molecule has 3 heterocycles. The molecule has 0 aliphatic carbocycles. The lowest BCUT2D eigenvalue weighted by Crippen LogP contribution is -2.56. The molecule has 8 heteroatoms. The Morgan fingerprint density at radius 2 is 2.03 bits per heavy atom. The summed E-state index contributed by atoms with van der Waals surface area (Å²) >= 11 is 1.57. The van der Waals surface area contributed by atoms with E-state index in [9.17, 15) is 19.5 Å². The SMILES string of the molecule is C=CCN(C(=O)C1N(CCCCCCO)C(=O)[C@@H]2[C@@H](C(=O)O)[C@H]3CCC12S3)C(C)C. The molecule has 2 unspecified atom stereocenters. The minimum atomic E-state index is -0.921. The summed E-state index contributed by atoms with van der Waals surface area (Å²) in [7, 11) is 0. The van der Waals surface area contributed by atoms with Gasteiger partial charge in [-0.25, -0.2) is 0 Å². The zero-order valence-electron chi connectivity index (χ0n) is 18.0. The highest BCUT2D eigenvalue weighted by Crippen LogP contribution is 2.66. The van der Waals surface area contributed by atoms with Crippen LogP contribution in [0.1, 0.15) is 52.4 Å². The predicted molar refractivity (Wildman–Crippen MR) is 116 cm³/mol. The fourth-order valence-electron chi connectivity index (χ4n) is 5.55. The van der Waals surface area contributed by atoms with Gasteiger partial charge in [0.1, 0.15) is 6.04 Å². The molecule has 2 amide bonds. The van der Waals surface area contributed by atoms with Crippen LogP contribution in [0.2, 0.25) is 0 Å². The van der Waals surface area contributed by atoms with Crippen molar-refractivity contribution in [3.8, 4) is 0 Å². The van der Waals surface area contributed by atoms with Gasteiger partial charge in [-0.15, -0.1) is 18.3 Å². The molecule has 3 saturated heterocycles. The van der Waals surface area contributed by atoms with Crippen molar-refractivity contribution in [1.82, 2.24) is 9.80 Å². The average molecular weight is 439 g/mol. The molecule has 168 valence electrons. The van der Waals surface area contributed by atoms with Crippen LogP contribution in [-0.2, 0) is 14.4 Å². The Balaban J connectivity index is 1.92. The molecule has 0 saturated carbocycles. The third-order valence-electron chi connectivity index (χ3n) is 6.86. The van der Waals surface area contributed by atoms with E-state index in [1.54, 1.807) is 27.6 Å². The van der Waals surface area contributed by atoms with Gasteiger partial charge in [-0.05, 0) is 39.5 Å². The Hall–Kier alpha value is -1.54. The summed E-state index contributed by atoms with van der Waals surface area (Å²) in [4.78, 5) is 42.7. The number of hydrogen-bond donors (Lipinski definition) is 2. The highest BCUT2D eigenvalue weighted by molar-refractivity contribution is 8.02. The topological polar surface area (TPSA) is 98.2 Å². The summed E-state index contributed by atoms with van der Waals surface area (Å²) in [5.41, 5.74) is 0. The van der Waals surface area contributed by atoms with E-state index in [4.69, 9.17) is 5.11 Å². The fourth-order valence-corrected chi connectivity index (χ4v) is 7.76. The van der Waals surface area contributed by atoms with Crippen molar-refractivity contribution >= 4 is 29.5 Å². The number of carboxylic acids is 1. The monoisotopic (exact) mass is 438 g/mol. The Kier molecular flexibility index (Phi) is 7.17. The number of fused-ring (bicyclic) bond motifs is 1. The van der Waals surface area contributed by atoms with Crippen LogP contribution in [0.25, 0.3) is 0 Å². The molecule has 30 heavy (non-hydrogen) atoms. The number of nitrogens with zero attached hydrogens (tertiary/aromatic N) is 2. The van der Waals surface area contributed by atoms with Crippen molar-refractivity contribution in [3.05, 3.63) is 12.7 Å². The van der Waals surface area contributed by atoms with E-state index in [1.165, 1.54) is 0 Å². The largest absolute Gasteiger partial charge is 0.481 e. The average Bonchev–Trinajstić information content (AvgIpc) is 3.33. The zero-order valence-corrected chi connectivity index (χ0v) is 18.8. The molecular weight excluding hydrogens is 404 g/mol. The Morgan fingerprint density at radius 3 is 2.63 bits per heavy atom. The van der Waals surface area contributed by atoms with Crippen molar-refractivity contribution in [2.45, 2.75) is 74.5 Å². The van der Waals surface area contributed by atoms with Crippen LogP contribution in [0.3, 0.4) is 0 Å². The molecule has 0 aromatic carbocycles. The molecular formula is C22H34N2O5S. The van der Waals surface area contributed by atoms with Crippen molar-refractivity contribution < 1.29 is 24.6 Å². The minimum absolute atomic E-state index is 0.0358. The van der Waals surface area contributed by atoms with Crippen molar-refractivity contribution in [3.63, 3.8) is 0 Å². The predicted octanol–water partition coefficient (Wildman–Crippen LogP) is 2.14. The number of aliphatic hydroxyl groups is 1. The number of carbonyl (C=O) groups excluding carboxylic acids is 2. The highest BCUT2D eigenvalue weighted by atomic mass is 32.2. The summed E-state index contributed by atoms with van der Waals surface area (Å²) < 4.78 is -0.638.